The fourth-order valence-electron chi connectivity index (χ4n) is 2.66. The van der Waals surface area contributed by atoms with E-state index in [1.807, 2.05) is 55.5 Å². The number of anilines is 2. The van der Waals surface area contributed by atoms with Crippen LogP contribution in [-0.2, 0) is 16.1 Å². The molecule has 0 bridgehead atoms. The monoisotopic (exact) mass is 428 g/mol. The quantitative estimate of drug-likeness (QED) is 0.563. The molecule has 2 amide bonds. The van der Waals surface area contributed by atoms with E-state index in [2.05, 4.69) is 15.7 Å². The first-order valence-corrected chi connectivity index (χ1v) is 10.5. The highest BCUT2D eigenvalue weighted by atomic mass is 35.5. The largest absolute Gasteiger partial charge is 0.325 e. The predicted molar refractivity (Wildman–Crippen MR) is 119 cm³/mol. The van der Waals surface area contributed by atoms with Crippen molar-refractivity contribution in [3.05, 3.63) is 76.9 Å². The van der Waals surface area contributed by atoms with Crippen molar-refractivity contribution >= 4 is 46.7 Å². The molecule has 0 unspecified atom stereocenters. The number of benzene rings is 2. The van der Waals surface area contributed by atoms with E-state index in [1.54, 1.807) is 16.9 Å². The third kappa shape index (κ3) is 6.66. The summed E-state index contributed by atoms with van der Waals surface area (Å²) >= 11 is 7.16. The summed E-state index contributed by atoms with van der Waals surface area (Å²) < 4.78 is 1.70. The first kappa shape index (κ1) is 21.0. The molecule has 0 fully saturated rings. The van der Waals surface area contributed by atoms with Gasteiger partial charge in [0.1, 0.15) is 5.82 Å². The van der Waals surface area contributed by atoms with Crippen LogP contribution in [0.1, 0.15) is 11.1 Å². The smallest absolute Gasteiger partial charge is 0.235 e. The van der Waals surface area contributed by atoms with Crippen LogP contribution in [0.2, 0.25) is 5.02 Å². The van der Waals surface area contributed by atoms with Gasteiger partial charge in [0.15, 0.2) is 0 Å². The number of amides is 2. The summed E-state index contributed by atoms with van der Waals surface area (Å²) in [6.45, 7) is 2.48. The van der Waals surface area contributed by atoms with Crippen LogP contribution in [0.25, 0.3) is 0 Å². The molecule has 3 rings (SSSR count). The van der Waals surface area contributed by atoms with Crippen molar-refractivity contribution in [2.24, 2.45) is 0 Å². The molecule has 0 aliphatic heterocycles. The molecule has 0 atom stereocenters. The van der Waals surface area contributed by atoms with Gasteiger partial charge in [0, 0.05) is 16.8 Å². The lowest BCUT2D eigenvalue weighted by atomic mass is 10.2. The number of rotatable bonds is 8. The standard InChI is InChI=1S/C21H21ClN4O2S/c1-15-3-2-4-18(11-15)24-20(27)13-29-14-21(28)25-19-9-10-23-26(19)12-16-5-7-17(22)8-6-16/h2-11H,12-14H2,1H3,(H,24,27)(H,25,28). The molecular weight excluding hydrogens is 408 g/mol. The summed E-state index contributed by atoms with van der Waals surface area (Å²) in [5, 5.41) is 10.6. The highest BCUT2D eigenvalue weighted by molar-refractivity contribution is 8.00. The molecule has 0 radical (unpaired) electrons. The Morgan fingerprint density at radius 3 is 2.48 bits per heavy atom. The van der Waals surface area contributed by atoms with E-state index in [0.717, 1.165) is 16.8 Å². The third-order valence-electron chi connectivity index (χ3n) is 4.00. The Labute approximate surface area is 178 Å². The minimum absolute atomic E-state index is 0.138. The van der Waals surface area contributed by atoms with Gasteiger partial charge in [0.25, 0.3) is 0 Å². The Bertz CT molecular complexity index is 988. The number of carbonyl (C=O) groups is 2. The van der Waals surface area contributed by atoms with Crippen LogP contribution in [0.3, 0.4) is 0 Å². The van der Waals surface area contributed by atoms with Crippen LogP contribution in [0.5, 0.6) is 0 Å². The summed E-state index contributed by atoms with van der Waals surface area (Å²) in [6.07, 6.45) is 1.63. The van der Waals surface area contributed by atoms with Gasteiger partial charge < -0.3 is 10.6 Å². The summed E-state index contributed by atoms with van der Waals surface area (Å²) in [5.74, 6) is 0.658. The molecule has 3 aromatic rings. The van der Waals surface area contributed by atoms with Gasteiger partial charge in [-0.1, -0.05) is 35.9 Å². The Hall–Kier alpha value is -2.77. The number of nitrogens with zero attached hydrogens (tertiary/aromatic N) is 2. The highest BCUT2D eigenvalue weighted by Crippen LogP contribution is 2.14. The van der Waals surface area contributed by atoms with Crippen molar-refractivity contribution in [3.63, 3.8) is 0 Å². The predicted octanol–water partition coefficient (Wildman–Crippen LogP) is 4.20. The molecule has 2 aromatic carbocycles. The maximum absolute atomic E-state index is 12.2. The molecular formula is C21H21ClN4O2S. The van der Waals surface area contributed by atoms with Crippen LogP contribution in [-0.4, -0.2) is 33.1 Å². The molecule has 2 N–H and O–H groups in total. The topological polar surface area (TPSA) is 76.0 Å². The van der Waals surface area contributed by atoms with Crippen LogP contribution < -0.4 is 10.6 Å². The zero-order valence-electron chi connectivity index (χ0n) is 15.9. The second-order valence-electron chi connectivity index (χ2n) is 6.46. The molecule has 6 nitrogen and oxygen atoms in total. The minimum atomic E-state index is -0.184. The van der Waals surface area contributed by atoms with E-state index in [0.29, 0.717) is 17.4 Å². The lowest BCUT2D eigenvalue weighted by molar-refractivity contribution is -0.114. The Morgan fingerprint density at radius 1 is 1.03 bits per heavy atom. The number of carbonyl (C=O) groups excluding carboxylic acids is 2. The van der Waals surface area contributed by atoms with Gasteiger partial charge in [-0.2, -0.15) is 5.10 Å². The van der Waals surface area contributed by atoms with Gasteiger partial charge in [0.05, 0.1) is 24.2 Å². The summed E-state index contributed by atoms with van der Waals surface area (Å²) in [6, 6.07) is 16.8. The number of thioether (sulfide) groups is 1. The zero-order valence-corrected chi connectivity index (χ0v) is 17.5. The lowest BCUT2D eigenvalue weighted by Crippen LogP contribution is -2.20. The average Bonchev–Trinajstić information content (AvgIpc) is 3.10. The molecule has 29 heavy (non-hydrogen) atoms. The average molecular weight is 429 g/mol. The van der Waals surface area contributed by atoms with E-state index in [-0.39, 0.29) is 23.3 Å². The lowest BCUT2D eigenvalue weighted by Gasteiger charge is -2.09. The number of nitrogens with one attached hydrogen (secondary N) is 2. The van der Waals surface area contributed by atoms with Crippen molar-refractivity contribution in [3.8, 4) is 0 Å². The summed E-state index contributed by atoms with van der Waals surface area (Å²) in [7, 11) is 0. The first-order chi connectivity index (χ1) is 14.0. The van der Waals surface area contributed by atoms with E-state index in [1.165, 1.54) is 11.8 Å². The van der Waals surface area contributed by atoms with E-state index in [4.69, 9.17) is 11.6 Å². The number of aryl methyl sites for hydroxylation is 1. The number of hydrogen-bond acceptors (Lipinski definition) is 4. The van der Waals surface area contributed by atoms with Gasteiger partial charge in [-0.25, -0.2) is 4.68 Å². The fourth-order valence-corrected chi connectivity index (χ4v) is 3.41. The molecule has 0 saturated carbocycles. The molecule has 150 valence electrons. The van der Waals surface area contributed by atoms with Gasteiger partial charge >= 0.3 is 0 Å². The third-order valence-corrected chi connectivity index (χ3v) is 5.18. The molecule has 8 heteroatoms. The number of aromatic nitrogens is 2. The van der Waals surface area contributed by atoms with Gasteiger partial charge in [-0.3, -0.25) is 9.59 Å². The molecule has 0 saturated heterocycles. The van der Waals surface area contributed by atoms with Crippen LogP contribution in [0.4, 0.5) is 11.5 Å². The summed E-state index contributed by atoms with van der Waals surface area (Å²) in [4.78, 5) is 24.2. The molecule has 1 aromatic heterocycles. The highest BCUT2D eigenvalue weighted by Gasteiger charge is 2.10. The minimum Gasteiger partial charge on any atom is -0.325 e. The molecule has 0 aliphatic rings. The van der Waals surface area contributed by atoms with Gasteiger partial charge in [-0.15, -0.1) is 11.8 Å². The molecule has 0 aliphatic carbocycles. The second kappa shape index (κ2) is 10.1. The van der Waals surface area contributed by atoms with E-state index in [9.17, 15) is 9.59 Å². The van der Waals surface area contributed by atoms with Crippen molar-refractivity contribution < 1.29 is 9.59 Å². The van der Waals surface area contributed by atoms with Crippen LogP contribution >= 0.6 is 23.4 Å². The molecule has 0 spiro atoms. The maximum atomic E-state index is 12.2. The van der Waals surface area contributed by atoms with Crippen molar-refractivity contribution in [1.82, 2.24) is 9.78 Å². The Kier molecular flexibility index (Phi) is 7.32. The van der Waals surface area contributed by atoms with Crippen LogP contribution in [0, 0.1) is 6.92 Å². The Balaban J connectivity index is 1.44. The van der Waals surface area contributed by atoms with Crippen LogP contribution in [0.15, 0.2) is 60.8 Å². The van der Waals surface area contributed by atoms with Crippen molar-refractivity contribution in [2.45, 2.75) is 13.5 Å². The summed E-state index contributed by atoms with van der Waals surface area (Å²) in [5.41, 5.74) is 2.85. The SMILES string of the molecule is Cc1cccc(NC(=O)CSCC(=O)Nc2ccnn2Cc2ccc(Cl)cc2)c1. The zero-order chi connectivity index (χ0) is 20.6. The maximum Gasteiger partial charge on any atom is 0.235 e. The van der Waals surface area contributed by atoms with Gasteiger partial charge in [-0.05, 0) is 42.3 Å². The van der Waals surface area contributed by atoms with Crippen molar-refractivity contribution in [1.29, 1.82) is 0 Å². The second-order valence-corrected chi connectivity index (χ2v) is 7.88. The van der Waals surface area contributed by atoms with E-state index >= 15 is 0 Å². The number of hydrogen-bond donors (Lipinski definition) is 2. The van der Waals surface area contributed by atoms with Crippen molar-refractivity contribution in [2.75, 3.05) is 22.1 Å². The molecule has 1 heterocycles. The number of halogens is 1. The Morgan fingerprint density at radius 2 is 1.76 bits per heavy atom. The normalized spacial score (nSPS) is 10.6. The first-order valence-electron chi connectivity index (χ1n) is 9.00. The van der Waals surface area contributed by atoms with Gasteiger partial charge in [0.2, 0.25) is 11.8 Å². The fraction of sp³-hybridized carbons (Fsp3) is 0.190. The van der Waals surface area contributed by atoms with E-state index < -0.39 is 0 Å².